The van der Waals surface area contributed by atoms with Crippen LogP contribution in [0.25, 0.3) is 0 Å². The molecule has 0 saturated heterocycles. The lowest BCUT2D eigenvalue weighted by molar-refractivity contribution is 0.588. The average Bonchev–Trinajstić information content (AvgIpc) is 2.45. The molecule has 0 aromatic heterocycles. The Bertz CT molecular complexity index is 582. The first-order valence-corrected chi connectivity index (χ1v) is 8.44. The molecule has 0 unspecified atom stereocenters. The fourth-order valence-corrected chi connectivity index (χ4v) is 2.49. The van der Waals surface area contributed by atoms with E-state index in [9.17, 15) is 8.42 Å². The standard InChI is InChI=1S/C14H24N4O2S/c1-5-16-14(18-11(2)3)17-10-12-7-6-8-13(9-12)21(19,20)15-4/h6-9,11,15H,5,10H2,1-4H3,(H2,16,17,18). The molecule has 0 amide bonds. The number of aliphatic imine (C=N–C) groups is 1. The van der Waals surface area contributed by atoms with Crippen LogP contribution in [0.3, 0.4) is 0 Å². The van der Waals surface area contributed by atoms with Crippen molar-refractivity contribution in [3.8, 4) is 0 Å². The molecule has 0 spiro atoms. The van der Waals surface area contributed by atoms with Gasteiger partial charge < -0.3 is 10.6 Å². The Balaban J connectivity index is 2.89. The van der Waals surface area contributed by atoms with Crippen LogP contribution in [0.4, 0.5) is 0 Å². The summed E-state index contributed by atoms with van der Waals surface area (Å²) in [5, 5.41) is 6.36. The van der Waals surface area contributed by atoms with Gasteiger partial charge >= 0.3 is 0 Å². The number of sulfonamides is 1. The Kier molecular flexibility index (Phi) is 6.64. The monoisotopic (exact) mass is 312 g/mol. The molecule has 1 rings (SSSR count). The zero-order valence-corrected chi connectivity index (χ0v) is 13.8. The van der Waals surface area contributed by atoms with E-state index < -0.39 is 10.0 Å². The number of hydrogen-bond acceptors (Lipinski definition) is 3. The largest absolute Gasteiger partial charge is 0.357 e. The lowest BCUT2D eigenvalue weighted by atomic mass is 10.2. The van der Waals surface area contributed by atoms with E-state index >= 15 is 0 Å². The Labute approximate surface area is 127 Å². The topological polar surface area (TPSA) is 82.6 Å². The summed E-state index contributed by atoms with van der Waals surface area (Å²) in [6.45, 7) is 7.25. The Morgan fingerprint density at radius 2 is 2.05 bits per heavy atom. The molecule has 0 heterocycles. The van der Waals surface area contributed by atoms with E-state index in [4.69, 9.17) is 0 Å². The maximum atomic E-state index is 11.8. The summed E-state index contributed by atoms with van der Waals surface area (Å²) in [4.78, 5) is 4.70. The van der Waals surface area contributed by atoms with Gasteiger partial charge in [-0.15, -0.1) is 0 Å². The molecule has 1 aromatic rings. The van der Waals surface area contributed by atoms with Crippen molar-refractivity contribution in [3.05, 3.63) is 29.8 Å². The number of nitrogens with one attached hydrogen (secondary N) is 3. The SMILES string of the molecule is CCNC(=NCc1cccc(S(=O)(=O)NC)c1)NC(C)C. The van der Waals surface area contributed by atoms with Gasteiger partial charge in [-0.1, -0.05) is 12.1 Å². The van der Waals surface area contributed by atoms with Crippen LogP contribution in [-0.2, 0) is 16.6 Å². The van der Waals surface area contributed by atoms with Crippen LogP contribution in [-0.4, -0.2) is 34.0 Å². The van der Waals surface area contributed by atoms with Gasteiger partial charge in [0, 0.05) is 12.6 Å². The molecule has 21 heavy (non-hydrogen) atoms. The summed E-state index contributed by atoms with van der Waals surface area (Å²) < 4.78 is 25.8. The van der Waals surface area contributed by atoms with Gasteiger partial charge in [0.15, 0.2) is 5.96 Å². The predicted octanol–water partition coefficient (Wildman–Crippen LogP) is 1.06. The molecule has 0 aliphatic rings. The molecule has 118 valence electrons. The van der Waals surface area contributed by atoms with Crippen molar-refractivity contribution in [2.75, 3.05) is 13.6 Å². The zero-order valence-electron chi connectivity index (χ0n) is 13.0. The van der Waals surface area contributed by atoms with E-state index in [1.54, 1.807) is 18.2 Å². The van der Waals surface area contributed by atoms with Gasteiger partial charge in [0.2, 0.25) is 10.0 Å². The van der Waals surface area contributed by atoms with E-state index in [-0.39, 0.29) is 10.9 Å². The highest BCUT2D eigenvalue weighted by Gasteiger charge is 2.11. The van der Waals surface area contributed by atoms with Gasteiger partial charge in [-0.05, 0) is 45.5 Å². The van der Waals surface area contributed by atoms with Crippen LogP contribution in [0.15, 0.2) is 34.2 Å². The van der Waals surface area contributed by atoms with Crippen molar-refractivity contribution in [2.24, 2.45) is 4.99 Å². The lowest BCUT2D eigenvalue weighted by Gasteiger charge is -2.14. The molecule has 0 atom stereocenters. The normalized spacial score (nSPS) is 12.5. The van der Waals surface area contributed by atoms with Crippen molar-refractivity contribution in [2.45, 2.75) is 38.3 Å². The second-order valence-electron chi connectivity index (χ2n) is 4.85. The van der Waals surface area contributed by atoms with Gasteiger partial charge in [0.25, 0.3) is 0 Å². The van der Waals surface area contributed by atoms with Gasteiger partial charge in [0.05, 0.1) is 11.4 Å². The van der Waals surface area contributed by atoms with Crippen LogP contribution in [0.1, 0.15) is 26.3 Å². The molecule has 0 aliphatic heterocycles. The number of nitrogens with zero attached hydrogens (tertiary/aromatic N) is 1. The van der Waals surface area contributed by atoms with Gasteiger partial charge in [-0.2, -0.15) is 0 Å². The van der Waals surface area contributed by atoms with Gasteiger partial charge in [0.1, 0.15) is 0 Å². The van der Waals surface area contributed by atoms with Crippen LogP contribution < -0.4 is 15.4 Å². The Hall–Kier alpha value is -1.60. The van der Waals surface area contributed by atoms with E-state index in [2.05, 4.69) is 20.3 Å². The van der Waals surface area contributed by atoms with Crippen molar-refractivity contribution < 1.29 is 8.42 Å². The van der Waals surface area contributed by atoms with E-state index in [0.717, 1.165) is 18.1 Å². The lowest BCUT2D eigenvalue weighted by Crippen LogP contribution is -2.41. The predicted molar refractivity (Wildman–Crippen MR) is 85.8 cm³/mol. The summed E-state index contributed by atoms with van der Waals surface area (Å²) >= 11 is 0. The molecule has 0 saturated carbocycles. The Morgan fingerprint density at radius 3 is 2.62 bits per heavy atom. The molecule has 1 aromatic carbocycles. The van der Waals surface area contributed by atoms with Gasteiger partial charge in [-0.3, -0.25) is 0 Å². The van der Waals surface area contributed by atoms with Crippen LogP contribution in [0, 0.1) is 0 Å². The van der Waals surface area contributed by atoms with Crippen LogP contribution >= 0.6 is 0 Å². The van der Waals surface area contributed by atoms with Crippen LogP contribution in [0.2, 0.25) is 0 Å². The molecule has 0 radical (unpaired) electrons. The summed E-state index contributed by atoms with van der Waals surface area (Å²) in [5.74, 6) is 0.717. The number of guanidine groups is 1. The maximum Gasteiger partial charge on any atom is 0.240 e. The molecule has 7 heteroatoms. The highest BCUT2D eigenvalue weighted by molar-refractivity contribution is 7.89. The minimum Gasteiger partial charge on any atom is -0.357 e. The second-order valence-corrected chi connectivity index (χ2v) is 6.74. The van der Waals surface area contributed by atoms with Crippen molar-refractivity contribution in [1.82, 2.24) is 15.4 Å². The molecule has 0 aliphatic carbocycles. The summed E-state index contributed by atoms with van der Waals surface area (Å²) in [5.41, 5.74) is 0.840. The first-order chi connectivity index (χ1) is 9.89. The molecule has 0 bridgehead atoms. The summed E-state index contributed by atoms with van der Waals surface area (Å²) in [6.07, 6.45) is 0. The van der Waals surface area contributed by atoms with Crippen LogP contribution in [0.5, 0.6) is 0 Å². The van der Waals surface area contributed by atoms with E-state index in [1.807, 2.05) is 26.8 Å². The van der Waals surface area contributed by atoms with Crippen molar-refractivity contribution in [3.63, 3.8) is 0 Å². The van der Waals surface area contributed by atoms with Crippen molar-refractivity contribution >= 4 is 16.0 Å². The third-order valence-electron chi connectivity index (χ3n) is 2.67. The van der Waals surface area contributed by atoms with E-state index in [1.165, 1.54) is 7.05 Å². The number of rotatable bonds is 6. The number of benzene rings is 1. The third kappa shape index (κ3) is 5.73. The van der Waals surface area contributed by atoms with Crippen molar-refractivity contribution in [1.29, 1.82) is 0 Å². The molecular weight excluding hydrogens is 288 g/mol. The highest BCUT2D eigenvalue weighted by Crippen LogP contribution is 2.11. The fourth-order valence-electron chi connectivity index (χ4n) is 1.69. The minimum absolute atomic E-state index is 0.250. The minimum atomic E-state index is -3.42. The molecule has 0 fully saturated rings. The number of hydrogen-bond donors (Lipinski definition) is 3. The average molecular weight is 312 g/mol. The zero-order chi connectivity index (χ0) is 15.9. The first-order valence-electron chi connectivity index (χ1n) is 6.96. The summed E-state index contributed by atoms with van der Waals surface area (Å²) in [6, 6.07) is 7.05. The second kappa shape index (κ2) is 7.99. The van der Waals surface area contributed by atoms with E-state index in [0.29, 0.717) is 6.54 Å². The fraction of sp³-hybridized carbons (Fsp3) is 0.500. The molecular formula is C14H24N4O2S. The first kappa shape index (κ1) is 17.5. The third-order valence-corrected chi connectivity index (χ3v) is 4.08. The quantitative estimate of drug-likeness (QED) is 0.542. The molecule has 3 N–H and O–H groups in total. The Morgan fingerprint density at radius 1 is 1.33 bits per heavy atom. The maximum absolute atomic E-state index is 11.8. The molecule has 6 nitrogen and oxygen atoms in total. The van der Waals surface area contributed by atoms with Gasteiger partial charge in [-0.25, -0.2) is 18.1 Å². The smallest absolute Gasteiger partial charge is 0.240 e. The highest BCUT2D eigenvalue weighted by atomic mass is 32.2. The summed E-state index contributed by atoms with van der Waals surface area (Å²) in [7, 11) is -2.02.